The van der Waals surface area contributed by atoms with Crippen LogP contribution in [0.2, 0.25) is 5.02 Å². The van der Waals surface area contributed by atoms with Gasteiger partial charge in [-0.1, -0.05) is 29.8 Å². The van der Waals surface area contributed by atoms with Crippen LogP contribution >= 0.6 is 11.6 Å². The van der Waals surface area contributed by atoms with E-state index in [-0.39, 0.29) is 17.4 Å². The average Bonchev–Trinajstić information content (AvgIpc) is 2.71. The minimum absolute atomic E-state index is 0.0100. The lowest BCUT2D eigenvalue weighted by atomic mass is 9.99. The van der Waals surface area contributed by atoms with Crippen molar-refractivity contribution in [1.29, 1.82) is 0 Å². The summed E-state index contributed by atoms with van der Waals surface area (Å²) in [6.07, 6.45) is 0. The van der Waals surface area contributed by atoms with Gasteiger partial charge in [0.1, 0.15) is 12.4 Å². The van der Waals surface area contributed by atoms with Gasteiger partial charge in [0.25, 0.3) is 5.91 Å². The molecule has 3 rings (SSSR count). The molecule has 1 saturated heterocycles. The maximum Gasteiger partial charge on any atom is 0.254 e. The Kier molecular flexibility index (Phi) is 7.00. The fraction of sp³-hybridized carbons (Fsp3) is 0.391. The zero-order valence-corrected chi connectivity index (χ0v) is 18.3. The van der Waals surface area contributed by atoms with Crippen LogP contribution in [0.1, 0.15) is 31.1 Å². The summed E-state index contributed by atoms with van der Waals surface area (Å²) in [7, 11) is 0. The molecule has 1 aliphatic heterocycles. The van der Waals surface area contributed by atoms with Crippen LogP contribution < -0.4 is 10.1 Å². The van der Waals surface area contributed by atoms with Crippen molar-refractivity contribution in [3.63, 3.8) is 0 Å². The van der Waals surface area contributed by atoms with E-state index in [9.17, 15) is 9.59 Å². The third kappa shape index (κ3) is 5.32. The zero-order valence-electron chi connectivity index (χ0n) is 17.5. The Morgan fingerprint density at radius 3 is 2.50 bits per heavy atom. The molecule has 30 heavy (non-hydrogen) atoms. The van der Waals surface area contributed by atoms with E-state index in [1.807, 2.05) is 55.1 Å². The highest BCUT2D eigenvalue weighted by molar-refractivity contribution is 6.32. The van der Waals surface area contributed by atoms with Crippen LogP contribution in [0, 0.1) is 0 Å². The quantitative estimate of drug-likeness (QED) is 0.708. The molecule has 0 atom stereocenters. The molecule has 2 aromatic rings. The summed E-state index contributed by atoms with van der Waals surface area (Å²) in [6.45, 7) is 7.94. The van der Waals surface area contributed by atoms with Gasteiger partial charge in [0.05, 0.1) is 30.3 Å². The number of halogens is 1. The maximum absolute atomic E-state index is 12.9. The van der Waals surface area contributed by atoms with Crippen molar-refractivity contribution in [2.45, 2.75) is 26.3 Å². The third-order valence-corrected chi connectivity index (χ3v) is 5.32. The number of hydrogen-bond donors (Lipinski definition) is 1. The van der Waals surface area contributed by atoms with Crippen molar-refractivity contribution in [1.82, 2.24) is 10.2 Å². The van der Waals surface area contributed by atoms with Crippen molar-refractivity contribution < 1.29 is 19.1 Å². The van der Waals surface area contributed by atoms with Gasteiger partial charge < -0.3 is 19.7 Å². The van der Waals surface area contributed by atoms with Crippen LogP contribution in [0.15, 0.2) is 42.5 Å². The van der Waals surface area contributed by atoms with E-state index >= 15 is 0 Å². The first kappa shape index (κ1) is 22.1. The molecule has 0 aromatic heterocycles. The zero-order chi connectivity index (χ0) is 21.7. The van der Waals surface area contributed by atoms with Crippen LogP contribution in [0.4, 0.5) is 0 Å². The number of rotatable bonds is 6. The number of nitrogens with zero attached hydrogens (tertiary/aromatic N) is 1. The minimum Gasteiger partial charge on any atom is -0.490 e. The van der Waals surface area contributed by atoms with Gasteiger partial charge in [0, 0.05) is 19.0 Å². The van der Waals surface area contributed by atoms with Crippen LogP contribution in [0.5, 0.6) is 5.75 Å². The molecule has 0 bridgehead atoms. The van der Waals surface area contributed by atoms with Crippen molar-refractivity contribution >= 4 is 23.4 Å². The molecule has 0 saturated carbocycles. The molecule has 1 N–H and O–H groups in total. The van der Waals surface area contributed by atoms with E-state index in [0.29, 0.717) is 49.2 Å². The SMILES string of the molecule is CC(=O)NCCOc1ccc(-c2ccc(C(=O)N3CCOCC3(C)C)cc2)cc1Cl. The lowest BCUT2D eigenvalue weighted by molar-refractivity contribution is -0.119. The summed E-state index contributed by atoms with van der Waals surface area (Å²) in [6, 6.07) is 13.1. The molecule has 1 aliphatic rings. The molecular weight excluding hydrogens is 404 g/mol. The van der Waals surface area contributed by atoms with Gasteiger partial charge in [-0.3, -0.25) is 9.59 Å². The Morgan fingerprint density at radius 1 is 1.17 bits per heavy atom. The van der Waals surface area contributed by atoms with Gasteiger partial charge >= 0.3 is 0 Å². The summed E-state index contributed by atoms with van der Waals surface area (Å²) >= 11 is 6.35. The van der Waals surface area contributed by atoms with E-state index in [2.05, 4.69) is 5.32 Å². The third-order valence-electron chi connectivity index (χ3n) is 5.02. The molecule has 6 nitrogen and oxygen atoms in total. The minimum atomic E-state index is -0.322. The lowest BCUT2D eigenvalue weighted by Gasteiger charge is -2.42. The standard InChI is InChI=1S/C23H27ClN2O4/c1-16(27)25-10-12-30-21-9-8-19(14-20(21)24)17-4-6-18(7-5-17)22(28)26-11-13-29-15-23(26,2)3/h4-9,14H,10-13,15H2,1-3H3,(H,25,27). The number of hydrogen-bond acceptors (Lipinski definition) is 4. The number of morpholine rings is 1. The van der Waals surface area contributed by atoms with Crippen molar-refractivity contribution in [3.05, 3.63) is 53.1 Å². The highest BCUT2D eigenvalue weighted by Crippen LogP contribution is 2.31. The second-order valence-corrected chi connectivity index (χ2v) is 8.28. The molecule has 2 amide bonds. The molecule has 0 unspecified atom stereocenters. The first-order valence-corrected chi connectivity index (χ1v) is 10.3. The number of carbonyl (C=O) groups excluding carboxylic acids is 2. The Bertz CT molecular complexity index is 912. The van der Waals surface area contributed by atoms with Gasteiger partial charge in [-0.25, -0.2) is 0 Å². The van der Waals surface area contributed by atoms with Crippen LogP contribution in [0.25, 0.3) is 11.1 Å². The Labute approximate surface area is 182 Å². The highest BCUT2D eigenvalue weighted by Gasteiger charge is 2.34. The van der Waals surface area contributed by atoms with Gasteiger partial charge in [-0.15, -0.1) is 0 Å². The second-order valence-electron chi connectivity index (χ2n) is 7.88. The Balaban J connectivity index is 1.68. The van der Waals surface area contributed by atoms with Gasteiger partial charge in [-0.05, 0) is 49.2 Å². The summed E-state index contributed by atoms with van der Waals surface area (Å²) in [5.74, 6) is 0.474. The van der Waals surface area contributed by atoms with Crippen LogP contribution in [-0.4, -0.2) is 55.2 Å². The molecule has 7 heteroatoms. The predicted molar refractivity (Wildman–Crippen MR) is 117 cm³/mol. The predicted octanol–water partition coefficient (Wildman–Crippen LogP) is 3.77. The van der Waals surface area contributed by atoms with Crippen molar-refractivity contribution in [3.8, 4) is 16.9 Å². The van der Waals surface area contributed by atoms with E-state index in [4.69, 9.17) is 21.1 Å². The van der Waals surface area contributed by atoms with Crippen molar-refractivity contribution in [2.75, 3.05) is 32.9 Å². The molecule has 0 radical (unpaired) electrons. The summed E-state index contributed by atoms with van der Waals surface area (Å²) < 4.78 is 11.1. The van der Waals surface area contributed by atoms with Crippen molar-refractivity contribution in [2.24, 2.45) is 0 Å². The number of carbonyl (C=O) groups is 2. The number of ether oxygens (including phenoxy) is 2. The largest absolute Gasteiger partial charge is 0.490 e. The molecule has 1 fully saturated rings. The summed E-state index contributed by atoms with van der Waals surface area (Å²) in [4.78, 5) is 25.7. The molecule has 1 heterocycles. The fourth-order valence-corrected chi connectivity index (χ4v) is 3.62. The lowest BCUT2D eigenvalue weighted by Crippen LogP contribution is -2.55. The first-order valence-electron chi connectivity index (χ1n) is 9.95. The van der Waals surface area contributed by atoms with E-state index in [1.165, 1.54) is 6.92 Å². The number of nitrogens with one attached hydrogen (secondary N) is 1. The molecule has 0 aliphatic carbocycles. The van der Waals surface area contributed by atoms with Crippen LogP contribution in [-0.2, 0) is 9.53 Å². The van der Waals surface area contributed by atoms with E-state index in [1.54, 1.807) is 6.07 Å². The second kappa shape index (κ2) is 9.49. The van der Waals surface area contributed by atoms with E-state index in [0.717, 1.165) is 11.1 Å². The van der Waals surface area contributed by atoms with Gasteiger partial charge in [0.15, 0.2) is 0 Å². The smallest absolute Gasteiger partial charge is 0.254 e. The monoisotopic (exact) mass is 430 g/mol. The Hall–Kier alpha value is -2.57. The average molecular weight is 431 g/mol. The number of amides is 2. The fourth-order valence-electron chi connectivity index (χ4n) is 3.38. The highest BCUT2D eigenvalue weighted by atomic mass is 35.5. The Morgan fingerprint density at radius 2 is 1.87 bits per heavy atom. The number of benzene rings is 2. The molecule has 2 aromatic carbocycles. The molecule has 160 valence electrons. The molecule has 0 spiro atoms. The van der Waals surface area contributed by atoms with Gasteiger partial charge in [0.2, 0.25) is 5.91 Å². The summed E-state index contributed by atoms with van der Waals surface area (Å²) in [5, 5.41) is 3.16. The van der Waals surface area contributed by atoms with Crippen LogP contribution in [0.3, 0.4) is 0 Å². The molecular formula is C23H27ClN2O4. The normalized spacial score (nSPS) is 15.5. The maximum atomic E-state index is 12.9. The van der Waals surface area contributed by atoms with E-state index < -0.39 is 0 Å². The first-order chi connectivity index (χ1) is 14.3. The topological polar surface area (TPSA) is 67.9 Å². The summed E-state index contributed by atoms with van der Waals surface area (Å²) in [5.41, 5.74) is 2.22. The van der Waals surface area contributed by atoms with Gasteiger partial charge in [-0.2, -0.15) is 0 Å².